The number of benzene rings is 1. The normalized spacial score (nSPS) is 15.5. The maximum Gasteiger partial charge on any atom is 0.222 e. The largest absolute Gasteiger partial charge is 0.343 e. The summed E-state index contributed by atoms with van der Waals surface area (Å²) in [5, 5.41) is 9.02. The van der Waals surface area contributed by atoms with Crippen LogP contribution >= 0.6 is 0 Å². The molecule has 1 fully saturated rings. The van der Waals surface area contributed by atoms with Gasteiger partial charge in [-0.25, -0.2) is 9.50 Å². The molecule has 0 atom stereocenters. The minimum atomic E-state index is 0.265. The number of hydrogen-bond acceptors (Lipinski definition) is 4. The quantitative estimate of drug-likeness (QED) is 0.698. The second kappa shape index (κ2) is 8.49. The predicted octanol–water partition coefficient (Wildman–Crippen LogP) is 3.28. The summed E-state index contributed by atoms with van der Waals surface area (Å²) >= 11 is 0. The Hall–Kier alpha value is -2.47. The summed E-state index contributed by atoms with van der Waals surface area (Å²) in [6.07, 6.45) is 4.71. The second-order valence-corrected chi connectivity index (χ2v) is 8.23. The van der Waals surface area contributed by atoms with Gasteiger partial charge in [0.25, 0.3) is 0 Å². The maximum absolute atomic E-state index is 12.8. The van der Waals surface area contributed by atoms with Crippen LogP contribution in [0.5, 0.6) is 0 Å². The van der Waals surface area contributed by atoms with E-state index in [2.05, 4.69) is 23.2 Å². The Morgan fingerprint density at radius 3 is 2.72 bits per heavy atom. The van der Waals surface area contributed by atoms with Crippen LogP contribution < -0.4 is 5.32 Å². The van der Waals surface area contributed by atoms with Crippen LogP contribution in [-0.2, 0) is 11.2 Å². The Balaban J connectivity index is 1.44. The number of aryl methyl sites for hydroxylation is 2. The number of nitrogens with zero attached hydrogens (tertiary/aromatic N) is 4. The lowest BCUT2D eigenvalue weighted by atomic mass is 9.93. The SMILES string of the molecule is CNCCC1CCN(C(=O)CCc2c(C)nc3c4ccccc4nn3c2C)CC1. The predicted molar refractivity (Wildman–Crippen MR) is 116 cm³/mol. The molecule has 3 aromatic rings. The standard InChI is InChI=1S/C23H31N5O/c1-16-19(8-9-22(29)27-14-11-18(12-15-27)10-13-24-3)17(2)28-23(25-16)20-6-4-5-7-21(20)26-28/h4-7,18,24H,8-15H2,1-3H3. The highest BCUT2D eigenvalue weighted by atomic mass is 16.2. The van der Waals surface area contributed by atoms with Crippen LogP contribution in [0.25, 0.3) is 16.6 Å². The number of fused-ring (bicyclic) bond motifs is 3. The van der Waals surface area contributed by atoms with Gasteiger partial charge in [-0.2, -0.15) is 5.10 Å². The molecule has 1 aromatic carbocycles. The number of likely N-dealkylation sites (tertiary alicyclic amines) is 1. The molecular weight excluding hydrogens is 362 g/mol. The molecule has 154 valence electrons. The third-order valence-corrected chi connectivity index (χ3v) is 6.38. The smallest absolute Gasteiger partial charge is 0.222 e. The lowest BCUT2D eigenvalue weighted by molar-refractivity contribution is -0.132. The number of nitrogens with one attached hydrogen (secondary N) is 1. The van der Waals surface area contributed by atoms with E-state index in [-0.39, 0.29) is 5.91 Å². The average molecular weight is 394 g/mol. The first-order valence-electron chi connectivity index (χ1n) is 10.7. The molecule has 0 spiro atoms. The molecule has 1 amide bonds. The summed E-state index contributed by atoms with van der Waals surface area (Å²) in [5.41, 5.74) is 5.08. The van der Waals surface area contributed by atoms with Crippen molar-refractivity contribution in [2.75, 3.05) is 26.7 Å². The lowest BCUT2D eigenvalue weighted by Crippen LogP contribution is -2.39. The molecule has 1 aliphatic heterocycles. The van der Waals surface area contributed by atoms with Gasteiger partial charge in [-0.3, -0.25) is 4.79 Å². The van der Waals surface area contributed by atoms with Crippen LogP contribution in [-0.4, -0.2) is 52.1 Å². The number of aromatic nitrogens is 3. The number of amides is 1. The zero-order chi connectivity index (χ0) is 20.4. The summed E-state index contributed by atoms with van der Waals surface area (Å²) in [6, 6.07) is 8.10. The molecule has 4 rings (SSSR count). The van der Waals surface area contributed by atoms with E-state index in [0.717, 1.165) is 78.3 Å². The van der Waals surface area contributed by atoms with Crippen molar-refractivity contribution in [3.63, 3.8) is 0 Å². The van der Waals surface area contributed by atoms with Crippen molar-refractivity contribution < 1.29 is 4.79 Å². The molecule has 0 aliphatic carbocycles. The van der Waals surface area contributed by atoms with Crippen LogP contribution in [0.2, 0.25) is 0 Å². The van der Waals surface area contributed by atoms with Gasteiger partial charge in [0.2, 0.25) is 5.91 Å². The first-order chi connectivity index (χ1) is 14.1. The Labute approximate surface area is 172 Å². The number of hydrogen-bond donors (Lipinski definition) is 1. The van der Waals surface area contributed by atoms with Crippen molar-refractivity contribution in [3.8, 4) is 0 Å². The van der Waals surface area contributed by atoms with Crippen molar-refractivity contribution in [1.82, 2.24) is 24.8 Å². The number of carbonyl (C=O) groups excluding carboxylic acids is 1. The van der Waals surface area contributed by atoms with Crippen molar-refractivity contribution in [3.05, 3.63) is 41.2 Å². The minimum Gasteiger partial charge on any atom is -0.343 e. The molecule has 1 N–H and O–H groups in total. The molecule has 0 radical (unpaired) electrons. The molecule has 0 bridgehead atoms. The summed E-state index contributed by atoms with van der Waals surface area (Å²) < 4.78 is 1.94. The van der Waals surface area contributed by atoms with Gasteiger partial charge in [-0.05, 0) is 76.7 Å². The summed E-state index contributed by atoms with van der Waals surface area (Å²) in [7, 11) is 2.00. The van der Waals surface area contributed by atoms with E-state index >= 15 is 0 Å². The zero-order valence-corrected chi connectivity index (χ0v) is 17.7. The first kappa shape index (κ1) is 19.8. The van der Waals surface area contributed by atoms with Gasteiger partial charge in [-0.15, -0.1) is 0 Å². The van der Waals surface area contributed by atoms with E-state index in [0.29, 0.717) is 6.42 Å². The van der Waals surface area contributed by atoms with Crippen molar-refractivity contribution >= 4 is 22.5 Å². The van der Waals surface area contributed by atoms with Gasteiger partial charge < -0.3 is 10.2 Å². The molecule has 1 aliphatic rings. The molecule has 3 heterocycles. The Bertz CT molecular complexity index is 1020. The number of piperidine rings is 1. The van der Waals surface area contributed by atoms with Gasteiger partial charge in [0.15, 0.2) is 5.65 Å². The topological polar surface area (TPSA) is 62.5 Å². The van der Waals surface area contributed by atoms with E-state index in [1.165, 1.54) is 6.42 Å². The molecule has 1 saturated heterocycles. The molecule has 2 aromatic heterocycles. The van der Waals surface area contributed by atoms with E-state index in [1.54, 1.807) is 0 Å². The molecule has 0 saturated carbocycles. The molecular formula is C23H31N5O. The minimum absolute atomic E-state index is 0.265. The zero-order valence-electron chi connectivity index (χ0n) is 17.7. The summed E-state index contributed by atoms with van der Waals surface area (Å²) in [6.45, 7) is 6.98. The van der Waals surface area contributed by atoms with Crippen LogP contribution in [0, 0.1) is 19.8 Å². The summed E-state index contributed by atoms with van der Waals surface area (Å²) in [4.78, 5) is 19.7. The van der Waals surface area contributed by atoms with Crippen LogP contribution in [0.1, 0.15) is 42.6 Å². The second-order valence-electron chi connectivity index (χ2n) is 8.23. The molecule has 6 nitrogen and oxygen atoms in total. The first-order valence-corrected chi connectivity index (χ1v) is 10.7. The van der Waals surface area contributed by atoms with Crippen LogP contribution in [0.4, 0.5) is 0 Å². The van der Waals surface area contributed by atoms with Gasteiger partial charge in [0, 0.05) is 36.3 Å². The fourth-order valence-corrected chi connectivity index (χ4v) is 4.55. The third-order valence-electron chi connectivity index (χ3n) is 6.38. The van der Waals surface area contributed by atoms with E-state index in [1.807, 2.05) is 36.7 Å². The Kier molecular flexibility index (Phi) is 5.81. The highest BCUT2D eigenvalue weighted by Crippen LogP contribution is 2.24. The van der Waals surface area contributed by atoms with Gasteiger partial charge in [0.05, 0.1) is 5.52 Å². The Morgan fingerprint density at radius 1 is 1.21 bits per heavy atom. The third kappa shape index (κ3) is 3.99. The van der Waals surface area contributed by atoms with Gasteiger partial charge >= 0.3 is 0 Å². The fourth-order valence-electron chi connectivity index (χ4n) is 4.55. The van der Waals surface area contributed by atoms with Crippen molar-refractivity contribution in [2.45, 2.75) is 46.0 Å². The highest BCUT2D eigenvalue weighted by Gasteiger charge is 2.23. The van der Waals surface area contributed by atoms with Crippen molar-refractivity contribution in [2.24, 2.45) is 5.92 Å². The average Bonchev–Trinajstić information content (AvgIpc) is 3.11. The van der Waals surface area contributed by atoms with E-state index in [4.69, 9.17) is 10.1 Å². The number of carbonyl (C=O) groups is 1. The maximum atomic E-state index is 12.8. The lowest BCUT2D eigenvalue weighted by Gasteiger charge is -2.32. The molecule has 0 unspecified atom stereocenters. The molecule has 29 heavy (non-hydrogen) atoms. The van der Waals surface area contributed by atoms with E-state index in [9.17, 15) is 4.79 Å². The van der Waals surface area contributed by atoms with Gasteiger partial charge in [0.1, 0.15) is 0 Å². The van der Waals surface area contributed by atoms with Crippen LogP contribution in [0.15, 0.2) is 24.3 Å². The van der Waals surface area contributed by atoms with E-state index < -0.39 is 0 Å². The molecule has 6 heteroatoms. The van der Waals surface area contributed by atoms with Crippen LogP contribution in [0.3, 0.4) is 0 Å². The van der Waals surface area contributed by atoms with Crippen molar-refractivity contribution in [1.29, 1.82) is 0 Å². The number of rotatable bonds is 6. The summed E-state index contributed by atoms with van der Waals surface area (Å²) in [5.74, 6) is 1.01. The fraction of sp³-hybridized carbons (Fsp3) is 0.522. The Morgan fingerprint density at radius 2 is 1.97 bits per heavy atom. The highest BCUT2D eigenvalue weighted by molar-refractivity contribution is 5.92. The van der Waals surface area contributed by atoms with Gasteiger partial charge in [-0.1, -0.05) is 12.1 Å². The monoisotopic (exact) mass is 393 g/mol.